The summed E-state index contributed by atoms with van der Waals surface area (Å²) in [6, 6.07) is 4.76. The van der Waals surface area contributed by atoms with Crippen LogP contribution in [0.4, 0.5) is 0 Å². The molecule has 1 aromatic rings. The number of benzene rings is 1. The molecular formula is C11H16O2. The van der Waals surface area contributed by atoms with Gasteiger partial charge in [0.2, 0.25) is 0 Å². The summed E-state index contributed by atoms with van der Waals surface area (Å²) in [5.41, 5.74) is 0.838. The second-order valence-corrected chi connectivity index (χ2v) is 3.94. The first-order valence-electron chi connectivity index (χ1n) is 4.50. The molecule has 0 aromatic heterocycles. The number of rotatable bonds is 2. The first-order chi connectivity index (χ1) is 5.97. The third-order valence-corrected chi connectivity index (χ3v) is 2.59. The minimum Gasteiger partial charge on any atom is -0.508 e. The highest BCUT2D eigenvalue weighted by Gasteiger charge is 2.21. The van der Waals surface area contributed by atoms with E-state index in [1.54, 1.807) is 12.1 Å². The molecule has 72 valence electrons. The van der Waals surface area contributed by atoms with E-state index in [2.05, 4.69) is 20.8 Å². The summed E-state index contributed by atoms with van der Waals surface area (Å²) in [7, 11) is 0. The van der Waals surface area contributed by atoms with Crippen molar-refractivity contribution in [3.8, 4) is 11.5 Å². The van der Waals surface area contributed by atoms with Crippen molar-refractivity contribution >= 4 is 0 Å². The lowest BCUT2D eigenvalue weighted by atomic mass is 9.82. The van der Waals surface area contributed by atoms with E-state index in [-0.39, 0.29) is 16.9 Å². The Morgan fingerprint density at radius 2 is 1.85 bits per heavy atom. The van der Waals surface area contributed by atoms with Crippen LogP contribution in [0.5, 0.6) is 11.5 Å². The molecule has 0 saturated carbocycles. The molecule has 2 N–H and O–H groups in total. The van der Waals surface area contributed by atoms with Gasteiger partial charge in [0.25, 0.3) is 0 Å². The minimum absolute atomic E-state index is 0.0439. The second kappa shape index (κ2) is 3.29. The van der Waals surface area contributed by atoms with Crippen LogP contribution in [-0.2, 0) is 5.41 Å². The largest absolute Gasteiger partial charge is 0.508 e. The highest BCUT2D eigenvalue weighted by atomic mass is 16.3. The highest BCUT2D eigenvalue weighted by Crippen LogP contribution is 2.35. The molecule has 2 nitrogen and oxygen atoms in total. The van der Waals surface area contributed by atoms with Crippen LogP contribution in [0.3, 0.4) is 0 Å². The van der Waals surface area contributed by atoms with Crippen molar-refractivity contribution in [1.82, 2.24) is 0 Å². The summed E-state index contributed by atoms with van der Waals surface area (Å²) in [6.45, 7) is 6.21. The van der Waals surface area contributed by atoms with Gasteiger partial charge in [-0.2, -0.15) is 0 Å². The molecule has 0 radical (unpaired) electrons. The lowest BCUT2D eigenvalue weighted by Crippen LogP contribution is -2.15. The van der Waals surface area contributed by atoms with Gasteiger partial charge in [0.1, 0.15) is 11.5 Å². The molecule has 0 amide bonds. The predicted molar refractivity (Wildman–Crippen MR) is 53.1 cm³/mol. The van der Waals surface area contributed by atoms with Crippen LogP contribution in [0.15, 0.2) is 18.2 Å². The van der Waals surface area contributed by atoms with E-state index in [0.29, 0.717) is 0 Å². The van der Waals surface area contributed by atoms with Crippen LogP contribution in [0.25, 0.3) is 0 Å². The molecule has 0 aliphatic carbocycles. The molecule has 1 aromatic carbocycles. The van der Waals surface area contributed by atoms with Gasteiger partial charge in [0, 0.05) is 6.07 Å². The maximum atomic E-state index is 9.60. The van der Waals surface area contributed by atoms with Gasteiger partial charge in [0.15, 0.2) is 0 Å². The van der Waals surface area contributed by atoms with Crippen molar-refractivity contribution < 1.29 is 10.2 Å². The molecule has 0 unspecified atom stereocenters. The Morgan fingerprint density at radius 1 is 1.23 bits per heavy atom. The van der Waals surface area contributed by atoms with Gasteiger partial charge in [-0.3, -0.25) is 0 Å². The fourth-order valence-electron chi connectivity index (χ4n) is 1.28. The van der Waals surface area contributed by atoms with Gasteiger partial charge in [-0.15, -0.1) is 0 Å². The van der Waals surface area contributed by atoms with Gasteiger partial charge in [-0.05, 0) is 23.5 Å². The SMILES string of the molecule is CCC(C)(C)c1ccc(O)cc1O. The van der Waals surface area contributed by atoms with E-state index in [4.69, 9.17) is 5.11 Å². The van der Waals surface area contributed by atoms with Crippen LogP contribution in [0, 0.1) is 0 Å². The van der Waals surface area contributed by atoms with Crippen molar-refractivity contribution in [3.63, 3.8) is 0 Å². The van der Waals surface area contributed by atoms with Crippen molar-refractivity contribution in [3.05, 3.63) is 23.8 Å². The zero-order valence-electron chi connectivity index (χ0n) is 8.33. The molecule has 0 fully saturated rings. The summed E-state index contributed by atoms with van der Waals surface area (Å²) >= 11 is 0. The molecular weight excluding hydrogens is 164 g/mol. The Hall–Kier alpha value is -1.18. The average Bonchev–Trinajstić information content (AvgIpc) is 2.03. The zero-order chi connectivity index (χ0) is 10.1. The van der Waals surface area contributed by atoms with Crippen molar-refractivity contribution in [2.24, 2.45) is 0 Å². The summed E-state index contributed by atoms with van der Waals surface area (Å²) in [5, 5.41) is 18.7. The van der Waals surface area contributed by atoms with Crippen molar-refractivity contribution in [1.29, 1.82) is 0 Å². The average molecular weight is 180 g/mol. The van der Waals surface area contributed by atoms with E-state index in [1.807, 2.05) is 0 Å². The summed E-state index contributed by atoms with van der Waals surface area (Å²) in [4.78, 5) is 0. The minimum atomic E-state index is -0.0439. The summed E-state index contributed by atoms with van der Waals surface area (Å²) in [5.74, 6) is 0.278. The Morgan fingerprint density at radius 3 is 2.31 bits per heavy atom. The van der Waals surface area contributed by atoms with Gasteiger partial charge in [-0.1, -0.05) is 26.8 Å². The topological polar surface area (TPSA) is 40.5 Å². The van der Waals surface area contributed by atoms with E-state index < -0.39 is 0 Å². The molecule has 0 bridgehead atoms. The van der Waals surface area contributed by atoms with Gasteiger partial charge < -0.3 is 10.2 Å². The smallest absolute Gasteiger partial charge is 0.122 e. The Kier molecular flexibility index (Phi) is 2.50. The number of hydrogen-bond donors (Lipinski definition) is 2. The van der Waals surface area contributed by atoms with Crippen LogP contribution in [0.1, 0.15) is 32.8 Å². The number of phenols is 2. The first kappa shape index (κ1) is 9.90. The summed E-state index contributed by atoms with van der Waals surface area (Å²) in [6.07, 6.45) is 0.950. The third-order valence-electron chi connectivity index (χ3n) is 2.59. The van der Waals surface area contributed by atoms with Crippen LogP contribution in [-0.4, -0.2) is 10.2 Å². The molecule has 2 heteroatoms. The highest BCUT2D eigenvalue weighted by molar-refractivity contribution is 5.42. The monoisotopic (exact) mass is 180 g/mol. The van der Waals surface area contributed by atoms with Crippen LogP contribution >= 0.6 is 0 Å². The number of phenolic OH excluding ortho intramolecular Hbond substituents is 2. The van der Waals surface area contributed by atoms with E-state index in [1.165, 1.54) is 6.07 Å². The molecule has 1 rings (SSSR count). The fraction of sp³-hybridized carbons (Fsp3) is 0.455. The fourth-order valence-corrected chi connectivity index (χ4v) is 1.28. The third kappa shape index (κ3) is 1.94. The number of aromatic hydroxyl groups is 2. The summed E-state index contributed by atoms with van der Waals surface area (Å²) < 4.78 is 0. The molecule has 0 heterocycles. The molecule has 0 aliphatic rings. The molecule has 13 heavy (non-hydrogen) atoms. The molecule has 0 spiro atoms. The Balaban J connectivity index is 3.16. The Labute approximate surface area is 78.8 Å². The molecule has 0 saturated heterocycles. The van der Waals surface area contributed by atoms with Crippen molar-refractivity contribution in [2.45, 2.75) is 32.6 Å². The van der Waals surface area contributed by atoms with E-state index in [0.717, 1.165) is 12.0 Å². The number of hydrogen-bond acceptors (Lipinski definition) is 2. The maximum Gasteiger partial charge on any atom is 0.122 e. The predicted octanol–water partition coefficient (Wildman–Crippen LogP) is 2.79. The first-order valence-corrected chi connectivity index (χ1v) is 4.50. The van der Waals surface area contributed by atoms with E-state index >= 15 is 0 Å². The van der Waals surface area contributed by atoms with Crippen LogP contribution in [0.2, 0.25) is 0 Å². The van der Waals surface area contributed by atoms with Crippen molar-refractivity contribution in [2.75, 3.05) is 0 Å². The Bertz CT molecular complexity index is 303. The van der Waals surface area contributed by atoms with Gasteiger partial charge in [-0.25, -0.2) is 0 Å². The van der Waals surface area contributed by atoms with E-state index in [9.17, 15) is 5.11 Å². The normalized spacial score (nSPS) is 11.6. The van der Waals surface area contributed by atoms with Gasteiger partial charge in [0.05, 0.1) is 0 Å². The quantitative estimate of drug-likeness (QED) is 0.734. The zero-order valence-corrected chi connectivity index (χ0v) is 8.33. The van der Waals surface area contributed by atoms with Crippen LogP contribution < -0.4 is 0 Å². The molecule has 0 aliphatic heterocycles. The maximum absolute atomic E-state index is 9.60. The molecule has 0 atom stereocenters. The lowest BCUT2D eigenvalue weighted by Gasteiger charge is -2.24. The standard InChI is InChI=1S/C11H16O2/c1-4-11(2,3)9-6-5-8(12)7-10(9)13/h5-7,12-13H,4H2,1-3H3. The lowest BCUT2D eigenvalue weighted by molar-refractivity contribution is 0.418. The van der Waals surface area contributed by atoms with Gasteiger partial charge >= 0.3 is 0 Å². The second-order valence-electron chi connectivity index (χ2n) is 3.94.